The Morgan fingerprint density at radius 3 is 2.39 bits per heavy atom. The minimum Gasteiger partial charge on any atom is -0.497 e. The predicted molar refractivity (Wildman–Crippen MR) is 107 cm³/mol. The zero-order valence-corrected chi connectivity index (χ0v) is 16.3. The Balaban J connectivity index is 1.61. The molecule has 0 spiro atoms. The van der Waals surface area contributed by atoms with Crippen molar-refractivity contribution in [3.63, 3.8) is 0 Å². The van der Waals surface area contributed by atoms with Gasteiger partial charge in [-0.15, -0.1) is 0 Å². The molecule has 1 fully saturated rings. The van der Waals surface area contributed by atoms with Crippen molar-refractivity contribution < 1.29 is 14.3 Å². The van der Waals surface area contributed by atoms with E-state index in [4.69, 9.17) is 4.74 Å². The number of ether oxygens (including phenoxy) is 1. The Kier molecular flexibility index (Phi) is 6.47. The van der Waals surface area contributed by atoms with Crippen LogP contribution in [0.4, 0.5) is 5.82 Å². The van der Waals surface area contributed by atoms with E-state index in [9.17, 15) is 9.59 Å². The normalized spacial score (nSPS) is 15.1. The van der Waals surface area contributed by atoms with Crippen LogP contribution in [-0.4, -0.2) is 55.0 Å². The van der Waals surface area contributed by atoms with Crippen LogP contribution in [0.2, 0.25) is 0 Å². The highest BCUT2D eigenvalue weighted by Crippen LogP contribution is 2.22. The number of nitrogens with one attached hydrogen (secondary N) is 1. The van der Waals surface area contributed by atoms with Gasteiger partial charge in [-0.3, -0.25) is 9.59 Å². The number of carbonyl (C=O) groups excluding carboxylic acids is 2. The smallest absolute Gasteiger partial charge is 0.225 e. The van der Waals surface area contributed by atoms with E-state index < -0.39 is 0 Å². The summed E-state index contributed by atoms with van der Waals surface area (Å²) in [6.45, 7) is 4.24. The first-order chi connectivity index (χ1) is 13.6. The van der Waals surface area contributed by atoms with Crippen molar-refractivity contribution >= 4 is 17.6 Å². The molecule has 1 aliphatic rings. The number of piperazine rings is 1. The number of hydrogen-bond donors (Lipinski definition) is 1. The summed E-state index contributed by atoms with van der Waals surface area (Å²) in [5, 5.41) is 2.89. The van der Waals surface area contributed by atoms with Crippen LogP contribution in [0.15, 0.2) is 48.7 Å². The molecular formula is C21H26N4O3. The molecule has 0 saturated carbocycles. The third kappa shape index (κ3) is 5.00. The number of benzene rings is 1. The van der Waals surface area contributed by atoms with Crippen molar-refractivity contribution in [1.82, 2.24) is 15.2 Å². The molecular weight excluding hydrogens is 356 g/mol. The molecule has 1 aliphatic heterocycles. The molecule has 2 heterocycles. The molecule has 7 heteroatoms. The van der Waals surface area contributed by atoms with Gasteiger partial charge in [0, 0.05) is 39.3 Å². The topological polar surface area (TPSA) is 74.8 Å². The van der Waals surface area contributed by atoms with Crippen molar-refractivity contribution in [3.8, 4) is 5.75 Å². The number of nitrogens with zero attached hydrogens (tertiary/aromatic N) is 3. The molecule has 1 atom stereocenters. The molecule has 0 radical (unpaired) electrons. The standard InChI is InChI=1S/C21H26N4O3/c1-16(26)23-19(17-6-8-18(28-2)9-7-17)15-21(27)25-13-11-24(12-14-25)20-5-3-4-10-22-20/h3-10,19H,11-15H2,1-2H3,(H,23,26). The summed E-state index contributed by atoms with van der Waals surface area (Å²) < 4.78 is 5.18. The number of rotatable bonds is 6. The zero-order valence-electron chi connectivity index (χ0n) is 16.3. The molecule has 148 valence electrons. The quantitative estimate of drug-likeness (QED) is 0.827. The lowest BCUT2D eigenvalue weighted by Crippen LogP contribution is -2.49. The number of carbonyl (C=O) groups is 2. The van der Waals surface area contributed by atoms with Gasteiger partial charge in [-0.05, 0) is 29.8 Å². The van der Waals surface area contributed by atoms with Crippen molar-refractivity contribution in [2.45, 2.75) is 19.4 Å². The maximum atomic E-state index is 12.8. The maximum absolute atomic E-state index is 12.8. The molecule has 3 rings (SSSR count). The molecule has 0 bridgehead atoms. The fourth-order valence-electron chi connectivity index (χ4n) is 3.36. The van der Waals surface area contributed by atoms with Gasteiger partial charge in [-0.1, -0.05) is 18.2 Å². The molecule has 1 aromatic heterocycles. The second kappa shape index (κ2) is 9.21. The molecule has 28 heavy (non-hydrogen) atoms. The molecule has 7 nitrogen and oxygen atoms in total. The van der Waals surface area contributed by atoms with Gasteiger partial charge in [-0.2, -0.15) is 0 Å². The molecule has 0 aliphatic carbocycles. The summed E-state index contributed by atoms with van der Waals surface area (Å²) in [7, 11) is 1.61. The Morgan fingerprint density at radius 2 is 1.82 bits per heavy atom. The van der Waals surface area contributed by atoms with Crippen molar-refractivity contribution in [2.75, 3.05) is 38.2 Å². The Hall–Kier alpha value is -3.09. The summed E-state index contributed by atoms with van der Waals surface area (Å²) in [6.07, 6.45) is 2.01. The summed E-state index contributed by atoms with van der Waals surface area (Å²) in [5.41, 5.74) is 0.886. The first-order valence-corrected chi connectivity index (χ1v) is 9.41. The van der Waals surface area contributed by atoms with Crippen LogP contribution >= 0.6 is 0 Å². The van der Waals surface area contributed by atoms with Crippen LogP contribution in [0.1, 0.15) is 24.9 Å². The fourth-order valence-corrected chi connectivity index (χ4v) is 3.36. The average molecular weight is 382 g/mol. The summed E-state index contributed by atoms with van der Waals surface area (Å²) in [6, 6.07) is 12.9. The minimum absolute atomic E-state index is 0.0373. The van der Waals surface area contributed by atoms with Gasteiger partial charge < -0.3 is 19.9 Å². The number of aromatic nitrogens is 1. The summed E-state index contributed by atoms with van der Waals surface area (Å²) in [4.78, 5) is 32.9. The summed E-state index contributed by atoms with van der Waals surface area (Å²) >= 11 is 0. The second-order valence-electron chi connectivity index (χ2n) is 6.79. The van der Waals surface area contributed by atoms with Crippen LogP contribution in [0.5, 0.6) is 5.75 Å². The van der Waals surface area contributed by atoms with E-state index in [0.717, 1.165) is 30.2 Å². The lowest BCUT2D eigenvalue weighted by molar-refractivity contribution is -0.132. The van der Waals surface area contributed by atoms with E-state index in [2.05, 4.69) is 15.2 Å². The second-order valence-corrected chi connectivity index (χ2v) is 6.79. The van der Waals surface area contributed by atoms with E-state index in [0.29, 0.717) is 13.1 Å². The lowest BCUT2D eigenvalue weighted by atomic mass is 10.0. The molecule has 2 amide bonds. The van der Waals surface area contributed by atoms with Gasteiger partial charge in [0.25, 0.3) is 0 Å². The SMILES string of the molecule is COc1ccc(C(CC(=O)N2CCN(c3ccccn3)CC2)NC(C)=O)cc1. The first-order valence-electron chi connectivity index (χ1n) is 9.41. The fraction of sp³-hybridized carbons (Fsp3) is 0.381. The number of hydrogen-bond acceptors (Lipinski definition) is 5. The molecule has 1 unspecified atom stereocenters. The summed E-state index contributed by atoms with van der Waals surface area (Å²) in [5.74, 6) is 1.55. The third-order valence-electron chi connectivity index (χ3n) is 4.88. The monoisotopic (exact) mass is 382 g/mol. The third-order valence-corrected chi connectivity index (χ3v) is 4.88. The van der Waals surface area contributed by atoms with Crippen LogP contribution in [-0.2, 0) is 9.59 Å². The van der Waals surface area contributed by atoms with Crippen molar-refractivity contribution in [1.29, 1.82) is 0 Å². The van der Waals surface area contributed by atoms with E-state index >= 15 is 0 Å². The van der Waals surface area contributed by atoms with Gasteiger partial charge in [0.05, 0.1) is 19.6 Å². The maximum Gasteiger partial charge on any atom is 0.225 e. The van der Waals surface area contributed by atoms with E-state index in [-0.39, 0.29) is 24.3 Å². The highest BCUT2D eigenvalue weighted by Gasteiger charge is 2.25. The minimum atomic E-state index is -0.357. The lowest BCUT2D eigenvalue weighted by Gasteiger charge is -2.36. The van der Waals surface area contributed by atoms with E-state index in [1.807, 2.05) is 47.4 Å². The average Bonchev–Trinajstić information content (AvgIpc) is 2.74. The van der Waals surface area contributed by atoms with Gasteiger partial charge in [0.15, 0.2) is 0 Å². The van der Waals surface area contributed by atoms with Gasteiger partial charge in [0.1, 0.15) is 11.6 Å². The van der Waals surface area contributed by atoms with Gasteiger partial charge in [-0.25, -0.2) is 4.98 Å². The molecule has 2 aromatic rings. The molecule has 1 N–H and O–H groups in total. The van der Waals surface area contributed by atoms with Crippen molar-refractivity contribution in [2.24, 2.45) is 0 Å². The van der Waals surface area contributed by atoms with Crippen LogP contribution < -0.4 is 15.0 Å². The van der Waals surface area contributed by atoms with Crippen LogP contribution in [0, 0.1) is 0 Å². The van der Waals surface area contributed by atoms with Gasteiger partial charge >= 0.3 is 0 Å². The number of methoxy groups -OCH3 is 1. The number of amides is 2. The first kappa shape index (κ1) is 19.7. The molecule has 1 saturated heterocycles. The highest BCUT2D eigenvalue weighted by molar-refractivity contribution is 5.79. The van der Waals surface area contributed by atoms with Crippen LogP contribution in [0.25, 0.3) is 0 Å². The Morgan fingerprint density at radius 1 is 1.11 bits per heavy atom. The number of anilines is 1. The van der Waals surface area contributed by atoms with E-state index in [1.165, 1.54) is 6.92 Å². The molecule has 1 aromatic carbocycles. The Bertz CT molecular complexity index is 787. The zero-order chi connectivity index (χ0) is 19.9. The largest absolute Gasteiger partial charge is 0.497 e. The highest BCUT2D eigenvalue weighted by atomic mass is 16.5. The Labute approximate surface area is 165 Å². The van der Waals surface area contributed by atoms with Crippen LogP contribution in [0.3, 0.4) is 0 Å². The predicted octanol–water partition coefficient (Wildman–Crippen LogP) is 2.01. The van der Waals surface area contributed by atoms with E-state index in [1.54, 1.807) is 13.3 Å². The van der Waals surface area contributed by atoms with Crippen molar-refractivity contribution in [3.05, 3.63) is 54.2 Å². The number of pyridine rings is 1. The van der Waals surface area contributed by atoms with Gasteiger partial charge in [0.2, 0.25) is 11.8 Å².